The summed E-state index contributed by atoms with van der Waals surface area (Å²) in [6, 6.07) is -2.88. The lowest BCUT2D eigenvalue weighted by atomic mass is 9.85. The van der Waals surface area contributed by atoms with Crippen LogP contribution in [0.4, 0.5) is 4.79 Å². The van der Waals surface area contributed by atoms with E-state index in [9.17, 15) is 29.1 Å². The van der Waals surface area contributed by atoms with Crippen molar-refractivity contribution in [3.8, 4) is 0 Å². The van der Waals surface area contributed by atoms with Gasteiger partial charge in [0.25, 0.3) is 5.91 Å². The zero-order chi connectivity index (χ0) is 28.1. The van der Waals surface area contributed by atoms with Gasteiger partial charge in [0.1, 0.15) is 18.7 Å². The average Bonchev–Trinajstić information content (AvgIpc) is 3.60. The number of nitrogens with one attached hydrogen (secondary N) is 2. The van der Waals surface area contributed by atoms with Gasteiger partial charge in [-0.15, -0.1) is 0 Å². The molecule has 3 fully saturated rings. The Balaban J connectivity index is 1.80. The quantitative estimate of drug-likeness (QED) is 0.307. The molecule has 2 saturated carbocycles. The van der Waals surface area contributed by atoms with Crippen molar-refractivity contribution in [3.05, 3.63) is 0 Å². The summed E-state index contributed by atoms with van der Waals surface area (Å²) in [6.45, 7) is 12.5. The number of Topliss-reactive ketones (excluding diaryl/α,β-unsaturated/α-hetero) is 1. The Morgan fingerprint density at radius 3 is 2.16 bits per heavy atom. The molecule has 2 aliphatic carbocycles. The van der Waals surface area contributed by atoms with Crippen molar-refractivity contribution < 1.29 is 33.8 Å². The van der Waals surface area contributed by atoms with Crippen LogP contribution >= 0.6 is 0 Å². The Kier molecular flexibility index (Phi) is 7.71. The number of aliphatic hydroxyl groups is 1. The van der Waals surface area contributed by atoms with E-state index in [1.165, 1.54) is 18.7 Å². The number of carbonyl (C=O) groups is 5. The van der Waals surface area contributed by atoms with Gasteiger partial charge in [-0.05, 0) is 48.9 Å². The minimum atomic E-state index is -1.23. The minimum absolute atomic E-state index is 0.0867. The van der Waals surface area contributed by atoms with E-state index in [1.54, 1.807) is 20.8 Å². The van der Waals surface area contributed by atoms with Crippen molar-refractivity contribution in [2.45, 2.75) is 91.5 Å². The zero-order valence-electron chi connectivity index (χ0n) is 22.9. The summed E-state index contributed by atoms with van der Waals surface area (Å²) in [6.07, 6.45) is 1.34. The first-order valence-corrected chi connectivity index (χ1v) is 12.9. The fourth-order valence-corrected chi connectivity index (χ4v) is 5.38. The molecule has 3 rings (SSSR count). The van der Waals surface area contributed by atoms with E-state index < -0.39 is 58.7 Å². The highest BCUT2D eigenvalue weighted by molar-refractivity contribution is 6.37. The van der Waals surface area contributed by atoms with Crippen molar-refractivity contribution in [2.24, 2.45) is 34.3 Å². The number of likely N-dealkylation sites (tertiary alicyclic amines) is 1. The molecule has 1 aliphatic heterocycles. The number of ketones is 1. The SMILES string of the molecule is CC(C)(O)COC(=O)N[C@H](C(=O)N1C[C@H]2[C@@H]([C@H]1C(=O)NC(CC1CC1)C(=O)C(N)=O)C2(C)C)C(C)(C)C. The fourth-order valence-electron chi connectivity index (χ4n) is 5.38. The van der Waals surface area contributed by atoms with Gasteiger partial charge in [0, 0.05) is 6.54 Å². The normalized spacial score (nSPS) is 25.9. The van der Waals surface area contributed by atoms with E-state index in [4.69, 9.17) is 10.5 Å². The van der Waals surface area contributed by atoms with Crippen LogP contribution in [-0.2, 0) is 23.9 Å². The number of ether oxygens (including phenoxy) is 1. The van der Waals surface area contributed by atoms with Crippen LogP contribution in [0.3, 0.4) is 0 Å². The van der Waals surface area contributed by atoms with Crippen LogP contribution in [0.5, 0.6) is 0 Å². The van der Waals surface area contributed by atoms with Gasteiger partial charge in [-0.25, -0.2) is 4.79 Å². The van der Waals surface area contributed by atoms with Gasteiger partial charge in [0.2, 0.25) is 17.6 Å². The van der Waals surface area contributed by atoms with E-state index in [1.807, 2.05) is 13.8 Å². The maximum Gasteiger partial charge on any atom is 0.407 e. The molecule has 0 bridgehead atoms. The molecule has 1 heterocycles. The summed E-state index contributed by atoms with van der Waals surface area (Å²) < 4.78 is 5.10. The summed E-state index contributed by atoms with van der Waals surface area (Å²) in [7, 11) is 0. The third-order valence-electron chi connectivity index (χ3n) is 7.83. The number of hydrogen-bond acceptors (Lipinski definition) is 7. The number of fused-ring (bicyclic) bond motifs is 1. The molecule has 208 valence electrons. The van der Waals surface area contributed by atoms with Gasteiger partial charge in [-0.1, -0.05) is 47.5 Å². The Bertz CT molecular complexity index is 961. The molecule has 11 heteroatoms. The predicted molar refractivity (Wildman–Crippen MR) is 134 cm³/mol. The monoisotopic (exact) mass is 522 g/mol. The van der Waals surface area contributed by atoms with E-state index >= 15 is 0 Å². The second-order valence-electron chi connectivity index (χ2n) is 13.2. The number of hydrogen-bond donors (Lipinski definition) is 4. The highest BCUT2D eigenvalue weighted by Gasteiger charge is 2.70. The van der Waals surface area contributed by atoms with Crippen molar-refractivity contribution in [1.29, 1.82) is 0 Å². The molecule has 0 aromatic carbocycles. The fraction of sp³-hybridized carbons (Fsp3) is 0.808. The van der Waals surface area contributed by atoms with Crippen molar-refractivity contribution in [2.75, 3.05) is 13.2 Å². The number of alkyl carbamates (subject to hydrolysis) is 1. The number of piperidine rings is 1. The number of primary amides is 1. The van der Waals surface area contributed by atoms with Gasteiger partial charge >= 0.3 is 6.09 Å². The van der Waals surface area contributed by atoms with Gasteiger partial charge in [0.15, 0.2) is 0 Å². The number of carbonyl (C=O) groups excluding carboxylic acids is 5. The van der Waals surface area contributed by atoms with Crippen LogP contribution in [0.25, 0.3) is 0 Å². The highest BCUT2D eigenvalue weighted by atomic mass is 16.6. The summed E-state index contributed by atoms with van der Waals surface area (Å²) in [5, 5.41) is 15.2. The molecular weight excluding hydrogens is 480 g/mol. The third-order valence-corrected chi connectivity index (χ3v) is 7.83. The van der Waals surface area contributed by atoms with Gasteiger partial charge in [-0.3, -0.25) is 19.2 Å². The first kappa shape index (κ1) is 28.9. The summed E-state index contributed by atoms with van der Waals surface area (Å²) >= 11 is 0. The molecule has 1 unspecified atom stereocenters. The van der Waals surface area contributed by atoms with Crippen LogP contribution in [-0.4, -0.2) is 76.5 Å². The summed E-state index contributed by atoms with van der Waals surface area (Å²) in [5.41, 5.74) is 3.11. The number of nitrogens with two attached hydrogens (primary N) is 1. The number of rotatable bonds is 10. The van der Waals surface area contributed by atoms with Crippen molar-refractivity contribution >= 4 is 29.6 Å². The molecule has 37 heavy (non-hydrogen) atoms. The van der Waals surface area contributed by atoms with Crippen LogP contribution in [0, 0.1) is 28.6 Å². The molecule has 0 spiro atoms. The summed E-state index contributed by atoms with van der Waals surface area (Å²) in [5.74, 6) is -2.65. The van der Waals surface area contributed by atoms with Crippen molar-refractivity contribution in [3.63, 3.8) is 0 Å². The van der Waals surface area contributed by atoms with Crippen LogP contribution in [0.2, 0.25) is 0 Å². The van der Waals surface area contributed by atoms with Crippen LogP contribution in [0.15, 0.2) is 0 Å². The lowest BCUT2D eigenvalue weighted by Gasteiger charge is -2.37. The number of nitrogens with zero attached hydrogens (tertiary/aromatic N) is 1. The Morgan fingerprint density at radius 2 is 1.68 bits per heavy atom. The van der Waals surface area contributed by atoms with E-state index in [0.717, 1.165) is 12.8 Å². The molecule has 0 radical (unpaired) electrons. The second kappa shape index (κ2) is 9.89. The highest BCUT2D eigenvalue weighted by Crippen LogP contribution is 2.65. The Labute approximate surface area is 218 Å². The molecule has 0 aromatic rings. The second-order valence-corrected chi connectivity index (χ2v) is 13.2. The number of amides is 4. The first-order valence-electron chi connectivity index (χ1n) is 12.9. The van der Waals surface area contributed by atoms with E-state index in [-0.39, 0.29) is 29.8 Å². The smallest absolute Gasteiger partial charge is 0.407 e. The zero-order valence-corrected chi connectivity index (χ0v) is 22.9. The molecule has 1 saturated heterocycles. The van der Waals surface area contributed by atoms with E-state index in [0.29, 0.717) is 13.0 Å². The van der Waals surface area contributed by atoms with Gasteiger partial charge in [0.05, 0.1) is 11.6 Å². The topological polar surface area (TPSA) is 168 Å². The molecule has 11 nitrogen and oxygen atoms in total. The third kappa shape index (κ3) is 6.61. The van der Waals surface area contributed by atoms with Crippen LogP contribution in [0.1, 0.15) is 67.7 Å². The maximum absolute atomic E-state index is 13.8. The standard InChI is InChI=1S/C26H42N4O7/c1-24(2,3)19(29-23(35)37-12-25(4,5)36)22(34)30-11-14-16(26(14,6)7)17(30)21(33)28-15(10-13-8-9-13)18(31)20(27)32/h13-17,19,36H,8-12H2,1-7H3,(H2,27,32)(H,28,33)(H,29,35)/t14-,15?,16-,17-,19+/m0/s1. The minimum Gasteiger partial charge on any atom is -0.447 e. The Hall–Kier alpha value is -2.69. The largest absolute Gasteiger partial charge is 0.447 e. The lowest BCUT2D eigenvalue weighted by Crippen LogP contribution is -2.60. The Morgan fingerprint density at radius 1 is 1.08 bits per heavy atom. The van der Waals surface area contributed by atoms with Gasteiger partial charge in [-0.2, -0.15) is 0 Å². The van der Waals surface area contributed by atoms with E-state index in [2.05, 4.69) is 10.6 Å². The van der Waals surface area contributed by atoms with Crippen LogP contribution < -0.4 is 16.4 Å². The van der Waals surface area contributed by atoms with Gasteiger partial charge < -0.3 is 31.1 Å². The lowest BCUT2D eigenvalue weighted by molar-refractivity contribution is -0.145. The predicted octanol–water partition coefficient (Wildman–Crippen LogP) is 0.721. The molecule has 5 atom stereocenters. The van der Waals surface area contributed by atoms with Crippen molar-refractivity contribution in [1.82, 2.24) is 15.5 Å². The molecule has 3 aliphatic rings. The molecule has 5 N–H and O–H groups in total. The first-order chi connectivity index (χ1) is 16.8. The average molecular weight is 523 g/mol. The summed E-state index contributed by atoms with van der Waals surface area (Å²) in [4.78, 5) is 65.4. The molecular formula is C26H42N4O7. The molecule has 0 aromatic heterocycles. The molecule has 4 amide bonds. The maximum atomic E-state index is 13.8.